The molecule has 0 aromatic carbocycles. The third kappa shape index (κ3) is 6.81. The smallest absolute Gasteiger partial charge is 0.205 e. The Morgan fingerprint density at radius 3 is 2.67 bits per heavy atom. The topological polar surface area (TPSA) is 71.7 Å². The molecule has 0 atom stereocenters. The Kier molecular flexibility index (Phi) is 7.76. The lowest BCUT2D eigenvalue weighted by molar-refractivity contribution is 0.0763. The normalized spacial score (nSPS) is 17.4. The summed E-state index contributed by atoms with van der Waals surface area (Å²) in [5.74, 6) is 6.19. The minimum atomic E-state index is 0.318. The highest BCUT2D eigenvalue weighted by Gasteiger charge is 2.15. The van der Waals surface area contributed by atoms with Crippen LogP contribution in [0.5, 0.6) is 0 Å². The van der Waals surface area contributed by atoms with Crippen LogP contribution in [0, 0.1) is 0 Å². The zero-order chi connectivity index (χ0) is 13.2. The number of unbranched alkanes of at least 4 members (excludes halogenated alkanes) is 1. The summed E-state index contributed by atoms with van der Waals surface area (Å²) in [5.41, 5.74) is 2.65. The minimum absolute atomic E-state index is 0.318. The molecule has 0 heterocycles. The average molecular weight is 256 g/mol. The molecule has 4 N–H and O–H groups in total. The number of hydrogen-bond donors (Lipinski definition) is 3. The predicted molar refractivity (Wildman–Crippen MR) is 75.3 cm³/mol. The van der Waals surface area contributed by atoms with E-state index in [-0.39, 0.29) is 0 Å². The van der Waals surface area contributed by atoms with Gasteiger partial charge in [-0.15, -0.1) is 0 Å². The van der Waals surface area contributed by atoms with Gasteiger partial charge in [0.25, 0.3) is 0 Å². The number of nitrogens with one attached hydrogen (secondary N) is 2. The lowest BCUT2D eigenvalue weighted by atomic mass is 10.2. The molecule has 0 saturated heterocycles. The molecular weight excluding hydrogens is 228 g/mol. The first-order valence-corrected chi connectivity index (χ1v) is 7.11. The highest BCUT2D eigenvalue weighted by molar-refractivity contribution is 5.79. The van der Waals surface area contributed by atoms with Crippen molar-refractivity contribution in [2.24, 2.45) is 10.8 Å². The molecule has 0 radical (unpaired) electrons. The molecule has 106 valence electrons. The van der Waals surface area contributed by atoms with Crippen molar-refractivity contribution in [2.75, 3.05) is 13.2 Å². The highest BCUT2D eigenvalue weighted by Crippen LogP contribution is 2.17. The molecule has 0 spiro atoms. The SMILES string of the molecule is CC(C)OCCCCN=C(NN)NC1CCCC1. The molecule has 0 bridgehead atoms. The van der Waals surface area contributed by atoms with Gasteiger partial charge in [-0.3, -0.25) is 10.4 Å². The Hall–Kier alpha value is -0.810. The van der Waals surface area contributed by atoms with E-state index in [2.05, 4.69) is 29.6 Å². The van der Waals surface area contributed by atoms with Gasteiger partial charge in [-0.1, -0.05) is 12.8 Å². The van der Waals surface area contributed by atoms with Crippen LogP contribution in [0.4, 0.5) is 0 Å². The van der Waals surface area contributed by atoms with E-state index in [4.69, 9.17) is 10.6 Å². The summed E-state index contributed by atoms with van der Waals surface area (Å²) in [5, 5.41) is 3.36. The zero-order valence-electron chi connectivity index (χ0n) is 11.7. The molecule has 1 aliphatic carbocycles. The van der Waals surface area contributed by atoms with Gasteiger partial charge < -0.3 is 10.1 Å². The fourth-order valence-electron chi connectivity index (χ4n) is 2.12. The summed E-state index contributed by atoms with van der Waals surface area (Å²) < 4.78 is 5.48. The standard InChI is InChI=1S/C13H28N4O/c1-11(2)18-10-6-5-9-15-13(17-14)16-12-7-3-4-8-12/h11-12H,3-10,14H2,1-2H3,(H2,15,16,17). The molecular formula is C13H28N4O. The van der Waals surface area contributed by atoms with E-state index in [1.807, 2.05) is 0 Å². The number of ether oxygens (including phenoxy) is 1. The van der Waals surface area contributed by atoms with Crippen LogP contribution in [0.3, 0.4) is 0 Å². The summed E-state index contributed by atoms with van der Waals surface area (Å²) in [6.07, 6.45) is 7.46. The first-order chi connectivity index (χ1) is 8.72. The maximum absolute atomic E-state index is 5.48. The number of guanidine groups is 1. The van der Waals surface area contributed by atoms with E-state index in [0.717, 1.165) is 32.0 Å². The summed E-state index contributed by atoms with van der Waals surface area (Å²) >= 11 is 0. The second kappa shape index (κ2) is 9.16. The van der Waals surface area contributed by atoms with Crippen LogP contribution in [-0.2, 0) is 4.74 Å². The quantitative estimate of drug-likeness (QED) is 0.212. The first-order valence-electron chi connectivity index (χ1n) is 7.11. The van der Waals surface area contributed by atoms with E-state index in [0.29, 0.717) is 12.1 Å². The van der Waals surface area contributed by atoms with Crippen molar-refractivity contribution >= 4 is 5.96 Å². The van der Waals surface area contributed by atoms with Crippen molar-refractivity contribution in [3.8, 4) is 0 Å². The second-order valence-electron chi connectivity index (χ2n) is 5.13. The molecule has 0 amide bonds. The van der Waals surface area contributed by atoms with Crippen LogP contribution in [0.15, 0.2) is 4.99 Å². The second-order valence-corrected chi connectivity index (χ2v) is 5.13. The Morgan fingerprint density at radius 2 is 2.06 bits per heavy atom. The minimum Gasteiger partial charge on any atom is -0.379 e. The van der Waals surface area contributed by atoms with E-state index in [9.17, 15) is 0 Å². The highest BCUT2D eigenvalue weighted by atomic mass is 16.5. The Balaban J connectivity index is 2.09. The van der Waals surface area contributed by atoms with Crippen molar-refractivity contribution < 1.29 is 4.74 Å². The van der Waals surface area contributed by atoms with Crippen LogP contribution in [0.1, 0.15) is 52.4 Å². The summed E-state index contributed by atoms with van der Waals surface area (Å²) in [6, 6.07) is 0.545. The van der Waals surface area contributed by atoms with E-state index in [1.54, 1.807) is 0 Å². The molecule has 18 heavy (non-hydrogen) atoms. The number of nitrogens with two attached hydrogens (primary N) is 1. The molecule has 0 aromatic rings. The Morgan fingerprint density at radius 1 is 1.33 bits per heavy atom. The monoisotopic (exact) mass is 256 g/mol. The summed E-state index contributed by atoms with van der Waals surface area (Å²) in [7, 11) is 0. The van der Waals surface area contributed by atoms with Crippen LogP contribution < -0.4 is 16.6 Å². The number of aliphatic imine (C=N–C) groups is 1. The molecule has 5 heteroatoms. The van der Waals surface area contributed by atoms with Crippen LogP contribution in [0.2, 0.25) is 0 Å². The number of nitrogens with zero attached hydrogens (tertiary/aromatic N) is 1. The average Bonchev–Trinajstić information content (AvgIpc) is 2.84. The van der Waals surface area contributed by atoms with Gasteiger partial charge in [-0.25, -0.2) is 5.84 Å². The van der Waals surface area contributed by atoms with Gasteiger partial charge in [0, 0.05) is 19.2 Å². The fourth-order valence-corrected chi connectivity index (χ4v) is 2.12. The largest absolute Gasteiger partial charge is 0.379 e. The molecule has 0 aromatic heterocycles. The lowest BCUT2D eigenvalue weighted by Gasteiger charge is -2.15. The lowest BCUT2D eigenvalue weighted by Crippen LogP contribution is -2.45. The Labute approximate surface area is 111 Å². The summed E-state index contributed by atoms with van der Waals surface area (Å²) in [6.45, 7) is 5.72. The van der Waals surface area contributed by atoms with Gasteiger partial charge in [-0.05, 0) is 39.5 Å². The third-order valence-corrected chi connectivity index (χ3v) is 3.11. The summed E-state index contributed by atoms with van der Waals surface area (Å²) in [4.78, 5) is 4.44. The van der Waals surface area contributed by atoms with Gasteiger partial charge in [0.05, 0.1) is 6.10 Å². The maximum atomic E-state index is 5.48. The third-order valence-electron chi connectivity index (χ3n) is 3.11. The fraction of sp³-hybridized carbons (Fsp3) is 0.923. The molecule has 1 saturated carbocycles. The Bertz CT molecular complexity index is 237. The van der Waals surface area contributed by atoms with Crippen molar-refractivity contribution in [1.29, 1.82) is 0 Å². The van der Waals surface area contributed by atoms with E-state index in [1.165, 1.54) is 25.7 Å². The molecule has 1 aliphatic rings. The maximum Gasteiger partial charge on any atom is 0.205 e. The molecule has 5 nitrogen and oxygen atoms in total. The molecule has 0 aliphatic heterocycles. The number of hydrogen-bond acceptors (Lipinski definition) is 3. The van der Waals surface area contributed by atoms with Gasteiger partial charge in [0.1, 0.15) is 0 Å². The van der Waals surface area contributed by atoms with Gasteiger partial charge >= 0.3 is 0 Å². The van der Waals surface area contributed by atoms with Gasteiger partial charge in [0.15, 0.2) is 0 Å². The molecule has 1 rings (SSSR count). The van der Waals surface area contributed by atoms with Gasteiger partial charge in [0.2, 0.25) is 5.96 Å². The van der Waals surface area contributed by atoms with Gasteiger partial charge in [-0.2, -0.15) is 0 Å². The molecule has 1 fully saturated rings. The van der Waals surface area contributed by atoms with Crippen molar-refractivity contribution in [3.05, 3.63) is 0 Å². The van der Waals surface area contributed by atoms with E-state index < -0.39 is 0 Å². The predicted octanol–water partition coefficient (Wildman–Crippen LogP) is 1.54. The van der Waals surface area contributed by atoms with Crippen LogP contribution in [0.25, 0.3) is 0 Å². The van der Waals surface area contributed by atoms with Crippen LogP contribution in [-0.4, -0.2) is 31.3 Å². The first kappa shape index (κ1) is 15.2. The number of hydrazine groups is 1. The van der Waals surface area contributed by atoms with Crippen LogP contribution >= 0.6 is 0 Å². The number of rotatable bonds is 7. The van der Waals surface area contributed by atoms with Crippen molar-refractivity contribution in [1.82, 2.24) is 10.7 Å². The van der Waals surface area contributed by atoms with Crippen molar-refractivity contribution in [3.63, 3.8) is 0 Å². The van der Waals surface area contributed by atoms with E-state index >= 15 is 0 Å². The van der Waals surface area contributed by atoms with Crippen molar-refractivity contribution in [2.45, 2.75) is 64.5 Å². The zero-order valence-corrected chi connectivity index (χ0v) is 11.7. The molecule has 0 unspecified atom stereocenters.